The summed E-state index contributed by atoms with van der Waals surface area (Å²) < 4.78 is 53.8. The highest BCUT2D eigenvalue weighted by atomic mass is 32.2. The van der Waals surface area contributed by atoms with Crippen molar-refractivity contribution in [1.82, 2.24) is 4.98 Å². The van der Waals surface area contributed by atoms with Gasteiger partial charge in [0.15, 0.2) is 5.13 Å². The number of carbonyl (C=O) groups excluding carboxylic acids is 1. The molecule has 0 aliphatic carbocycles. The van der Waals surface area contributed by atoms with Gasteiger partial charge < -0.3 is 5.32 Å². The van der Waals surface area contributed by atoms with E-state index in [0.717, 1.165) is 12.1 Å². The number of aromatic nitrogens is 1. The summed E-state index contributed by atoms with van der Waals surface area (Å²) in [6.45, 7) is 1.37. The molecule has 0 aliphatic heterocycles. The van der Waals surface area contributed by atoms with E-state index in [1.54, 1.807) is 17.5 Å². The van der Waals surface area contributed by atoms with Gasteiger partial charge in [0, 0.05) is 29.6 Å². The number of nitrogens with one attached hydrogen (secondary N) is 2. The largest absolute Gasteiger partial charge is 0.302 e. The van der Waals surface area contributed by atoms with Gasteiger partial charge in [-0.3, -0.25) is 9.52 Å². The zero-order chi connectivity index (χ0) is 19.6. The van der Waals surface area contributed by atoms with Crippen LogP contribution in [0.4, 0.5) is 19.6 Å². The zero-order valence-electron chi connectivity index (χ0n) is 13.9. The van der Waals surface area contributed by atoms with Crippen LogP contribution in [0.2, 0.25) is 0 Å². The highest BCUT2D eigenvalue weighted by Crippen LogP contribution is 2.28. The molecule has 0 bridgehead atoms. The van der Waals surface area contributed by atoms with E-state index in [9.17, 15) is 22.0 Å². The highest BCUT2D eigenvalue weighted by Gasteiger charge is 2.20. The number of carbonyl (C=O) groups is 1. The molecule has 3 aromatic rings. The van der Waals surface area contributed by atoms with Crippen LogP contribution >= 0.6 is 11.3 Å². The van der Waals surface area contributed by atoms with Gasteiger partial charge in [0.05, 0.1) is 5.69 Å². The fourth-order valence-corrected chi connectivity index (χ4v) is 4.14. The summed E-state index contributed by atoms with van der Waals surface area (Å²) in [5, 5.41) is 4.69. The molecule has 0 fully saturated rings. The van der Waals surface area contributed by atoms with Crippen molar-refractivity contribution in [2.24, 2.45) is 0 Å². The Kier molecular flexibility index (Phi) is 5.19. The van der Waals surface area contributed by atoms with Crippen LogP contribution in [-0.4, -0.2) is 19.3 Å². The molecule has 6 nitrogen and oxygen atoms in total. The average molecular weight is 409 g/mol. The number of amides is 1. The minimum atomic E-state index is -4.24. The lowest BCUT2D eigenvalue weighted by Gasteiger charge is -2.10. The Morgan fingerprint density at radius 1 is 1.15 bits per heavy atom. The molecule has 0 spiro atoms. The molecular weight excluding hydrogens is 396 g/mol. The Bertz CT molecular complexity index is 1110. The van der Waals surface area contributed by atoms with Crippen LogP contribution in [-0.2, 0) is 14.8 Å². The van der Waals surface area contributed by atoms with E-state index in [0.29, 0.717) is 22.5 Å². The maximum absolute atomic E-state index is 13.8. The van der Waals surface area contributed by atoms with Gasteiger partial charge in [-0.05, 0) is 24.3 Å². The van der Waals surface area contributed by atoms with Crippen molar-refractivity contribution in [1.29, 1.82) is 0 Å². The Morgan fingerprint density at radius 3 is 2.63 bits per heavy atom. The molecule has 1 heterocycles. The van der Waals surface area contributed by atoms with E-state index in [1.807, 2.05) is 0 Å². The van der Waals surface area contributed by atoms with Crippen LogP contribution in [0.3, 0.4) is 0 Å². The quantitative estimate of drug-likeness (QED) is 0.670. The first-order valence-corrected chi connectivity index (χ1v) is 9.92. The van der Waals surface area contributed by atoms with Crippen molar-refractivity contribution in [3.05, 3.63) is 59.5 Å². The van der Waals surface area contributed by atoms with Gasteiger partial charge in [-0.25, -0.2) is 22.2 Å². The third-order valence-electron chi connectivity index (χ3n) is 3.38. The van der Waals surface area contributed by atoms with Crippen molar-refractivity contribution >= 4 is 38.1 Å². The van der Waals surface area contributed by atoms with Crippen LogP contribution in [0, 0.1) is 11.6 Å². The van der Waals surface area contributed by atoms with Crippen molar-refractivity contribution in [3.8, 4) is 11.3 Å². The van der Waals surface area contributed by atoms with Gasteiger partial charge in [-0.1, -0.05) is 12.1 Å². The number of halogens is 2. The summed E-state index contributed by atoms with van der Waals surface area (Å²) in [5.74, 6) is -2.30. The Hall–Kier alpha value is -2.85. The Balaban J connectivity index is 1.87. The molecule has 0 radical (unpaired) electrons. The van der Waals surface area contributed by atoms with E-state index >= 15 is 0 Å². The first kappa shape index (κ1) is 18.9. The number of sulfonamides is 1. The third-order valence-corrected chi connectivity index (χ3v) is 5.55. The Morgan fingerprint density at radius 2 is 1.93 bits per heavy atom. The second-order valence-electron chi connectivity index (χ2n) is 5.48. The predicted octanol–water partition coefficient (Wildman–Crippen LogP) is 3.85. The summed E-state index contributed by atoms with van der Waals surface area (Å²) in [6, 6.07) is 8.55. The number of hydrogen-bond donors (Lipinski definition) is 2. The number of nitrogens with zero attached hydrogens (tertiary/aromatic N) is 1. The maximum atomic E-state index is 13.8. The fraction of sp³-hybridized carbons (Fsp3) is 0.0588. The average Bonchev–Trinajstić information content (AvgIpc) is 3.02. The second kappa shape index (κ2) is 7.41. The Labute approximate surface area is 157 Å². The molecule has 27 heavy (non-hydrogen) atoms. The lowest BCUT2D eigenvalue weighted by Crippen LogP contribution is -2.14. The third kappa shape index (κ3) is 4.47. The van der Waals surface area contributed by atoms with Crippen molar-refractivity contribution in [3.63, 3.8) is 0 Å². The van der Waals surface area contributed by atoms with Crippen LogP contribution < -0.4 is 10.0 Å². The summed E-state index contributed by atoms with van der Waals surface area (Å²) >= 11 is 1.23. The topological polar surface area (TPSA) is 88.2 Å². The second-order valence-corrected chi connectivity index (χ2v) is 7.99. The van der Waals surface area contributed by atoms with Crippen molar-refractivity contribution in [2.45, 2.75) is 11.8 Å². The summed E-state index contributed by atoms with van der Waals surface area (Å²) in [7, 11) is -4.24. The smallest absolute Gasteiger partial charge is 0.264 e. The van der Waals surface area contributed by atoms with E-state index in [2.05, 4.69) is 15.0 Å². The number of benzene rings is 2. The van der Waals surface area contributed by atoms with Gasteiger partial charge in [0.2, 0.25) is 5.91 Å². The van der Waals surface area contributed by atoms with E-state index in [1.165, 1.54) is 30.4 Å². The SMILES string of the molecule is CC(=O)Nc1nc(-c2cccc(NS(=O)(=O)c3ccc(F)cc3F)c2)cs1. The fourth-order valence-electron chi connectivity index (χ4n) is 2.26. The molecule has 0 saturated heterocycles. The van der Waals surface area contributed by atoms with E-state index in [4.69, 9.17) is 0 Å². The van der Waals surface area contributed by atoms with Crippen molar-refractivity contribution in [2.75, 3.05) is 10.0 Å². The first-order valence-electron chi connectivity index (χ1n) is 7.56. The number of thiazole rings is 1. The number of rotatable bonds is 5. The highest BCUT2D eigenvalue weighted by molar-refractivity contribution is 7.92. The van der Waals surface area contributed by atoms with Crippen LogP contribution in [0.15, 0.2) is 52.7 Å². The van der Waals surface area contributed by atoms with Crippen LogP contribution in [0.25, 0.3) is 11.3 Å². The lowest BCUT2D eigenvalue weighted by molar-refractivity contribution is -0.114. The number of hydrogen-bond acceptors (Lipinski definition) is 5. The van der Waals surface area contributed by atoms with Gasteiger partial charge in [-0.15, -0.1) is 11.3 Å². The lowest BCUT2D eigenvalue weighted by atomic mass is 10.1. The predicted molar refractivity (Wildman–Crippen MR) is 99.0 cm³/mol. The van der Waals surface area contributed by atoms with Gasteiger partial charge in [-0.2, -0.15) is 0 Å². The van der Waals surface area contributed by atoms with Crippen LogP contribution in [0.1, 0.15) is 6.92 Å². The van der Waals surface area contributed by atoms with Gasteiger partial charge in [0.1, 0.15) is 16.5 Å². The molecule has 0 atom stereocenters. The number of anilines is 2. The molecule has 0 unspecified atom stereocenters. The molecular formula is C17H13F2N3O3S2. The molecule has 2 aromatic carbocycles. The molecule has 2 N–H and O–H groups in total. The van der Waals surface area contributed by atoms with Crippen molar-refractivity contribution < 1.29 is 22.0 Å². The maximum Gasteiger partial charge on any atom is 0.264 e. The molecule has 1 amide bonds. The molecule has 10 heteroatoms. The van der Waals surface area contributed by atoms with Crippen LogP contribution in [0.5, 0.6) is 0 Å². The standard InChI is InChI=1S/C17H13F2N3O3S2/c1-10(23)20-17-21-15(9-26-17)11-3-2-4-13(7-11)22-27(24,25)16-6-5-12(18)8-14(16)19/h2-9,22H,1H3,(H,20,21,23). The molecule has 0 aliphatic rings. The molecule has 3 rings (SSSR count). The monoisotopic (exact) mass is 409 g/mol. The van der Waals surface area contributed by atoms with Gasteiger partial charge >= 0.3 is 0 Å². The van der Waals surface area contributed by atoms with E-state index in [-0.39, 0.29) is 11.6 Å². The van der Waals surface area contributed by atoms with Gasteiger partial charge in [0.25, 0.3) is 10.0 Å². The van der Waals surface area contributed by atoms with E-state index < -0.39 is 26.6 Å². The first-order chi connectivity index (χ1) is 12.7. The normalized spacial score (nSPS) is 11.2. The zero-order valence-corrected chi connectivity index (χ0v) is 15.5. The minimum Gasteiger partial charge on any atom is -0.302 e. The molecule has 1 aromatic heterocycles. The molecule has 140 valence electrons. The summed E-state index contributed by atoms with van der Waals surface area (Å²) in [4.78, 5) is 14.7. The summed E-state index contributed by atoms with van der Waals surface area (Å²) in [6.07, 6.45) is 0. The minimum absolute atomic E-state index is 0.185. The summed E-state index contributed by atoms with van der Waals surface area (Å²) in [5.41, 5.74) is 1.32. The molecule has 0 saturated carbocycles.